The van der Waals surface area contributed by atoms with Crippen molar-refractivity contribution in [2.75, 3.05) is 5.32 Å². The lowest BCUT2D eigenvalue weighted by molar-refractivity contribution is -0.345. The number of carbonyl (C=O) groups is 1. The van der Waals surface area contributed by atoms with Crippen LogP contribution >= 0.6 is 0 Å². The number of nitrogens with one attached hydrogen (secondary N) is 2. The van der Waals surface area contributed by atoms with Crippen molar-refractivity contribution in [1.29, 1.82) is 0 Å². The molecule has 2 aromatic carbocycles. The minimum absolute atomic E-state index is 0.381. The van der Waals surface area contributed by atoms with Gasteiger partial charge in [-0.15, -0.1) is 0 Å². The van der Waals surface area contributed by atoms with E-state index in [1.807, 2.05) is 37.3 Å². The van der Waals surface area contributed by atoms with Crippen LogP contribution in [0.5, 0.6) is 5.75 Å². The summed E-state index contributed by atoms with van der Waals surface area (Å²) in [5.41, 5.74) is 2.12. The third-order valence-corrected chi connectivity index (χ3v) is 3.77. The molecule has 6 heteroatoms. The summed E-state index contributed by atoms with van der Waals surface area (Å²) in [7, 11) is 0. The second kappa shape index (κ2) is 4.12. The monoisotopic (exact) mass is 280 g/mol. The molecule has 0 fully saturated rings. The summed E-state index contributed by atoms with van der Waals surface area (Å²) >= 11 is 0. The minimum Gasteiger partial charge on any atom is -0.641 e. The van der Waals surface area contributed by atoms with Gasteiger partial charge in [-0.3, -0.25) is 10.1 Å². The van der Waals surface area contributed by atoms with Crippen LogP contribution in [0.1, 0.15) is 17.3 Å². The number of amidine groups is 1. The number of hydrogen-bond acceptors (Lipinski definition) is 4. The maximum atomic E-state index is 12.3. The molecular weight excluding hydrogens is 267 g/mol. The van der Waals surface area contributed by atoms with E-state index in [0.29, 0.717) is 11.3 Å². The number of rotatable bonds is 0. The number of anilines is 1. The van der Waals surface area contributed by atoms with Crippen molar-refractivity contribution in [3.05, 3.63) is 54.1 Å². The van der Waals surface area contributed by atoms with Crippen molar-refractivity contribution in [3.63, 3.8) is 0 Å². The van der Waals surface area contributed by atoms with Gasteiger partial charge in [-0.2, -0.15) is 0 Å². The largest absolute Gasteiger partial charge is 0.641 e. The van der Waals surface area contributed by atoms with Gasteiger partial charge in [0.15, 0.2) is 0 Å². The molecule has 5 nitrogen and oxygen atoms in total. The fourth-order valence-corrected chi connectivity index (χ4v) is 2.88. The molecule has 104 valence electrons. The molecule has 2 N–H and O–H groups in total. The van der Waals surface area contributed by atoms with E-state index in [0.717, 1.165) is 17.0 Å². The van der Waals surface area contributed by atoms with E-state index in [9.17, 15) is 4.79 Å². The van der Waals surface area contributed by atoms with E-state index < -0.39 is 6.69 Å². The van der Waals surface area contributed by atoms with E-state index in [4.69, 9.17) is 9.31 Å². The SMILES string of the molecule is CC1=[NH+][B@-]2(OC(=O)c3ccccc3O2)c2ccccc2N1. The molecule has 0 saturated heterocycles. The summed E-state index contributed by atoms with van der Waals surface area (Å²) in [6.07, 6.45) is 0. The predicted octanol–water partition coefficient (Wildman–Crippen LogP) is 0.00640. The van der Waals surface area contributed by atoms with Gasteiger partial charge in [-0.1, -0.05) is 30.3 Å². The van der Waals surface area contributed by atoms with E-state index >= 15 is 0 Å². The molecule has 0 aromatic heterocycles. The zero-order chi connectivity index (χ0) is 14.4. The first-order valence-electron chi connectivity index (χ1n) is 6.82. The highest BCUT2D eigenvalue weighted by Crippen LogP contribution is 2.27. The molecule has 1 spiro atoms. The average Bonchev–Trinajstić information content (AvgIpc) is 2.47. The highest BCUT2D eigenvalue weighted by molar-refractivity contribution is 6.78. The smallest absolute Gasteiger partial charge is 0.591 e. The first-order chi connectivity index (χ1) is 10.2. The van der Waals surface area contributed by atoms with E-state index in [1.165, 1.54) is 0 Å². The van der Waals surface area contributed by atoms with Crippen LogP contribution in [0.4, 0.5) is 5.69 Å². The van der Waals surface area contributed by atoms with Crippen molar-refractivity contribution in [2.45, 2.75) is 6.92 Å². The van der Waals surface area contributed by atoms with Gasteiger partial charge in [0.2, 0.25) is 5.84 Å². The Balaban J connectivity index is 1.92. The van der Waals surface area contributed by atoms with Crippen molar-refractivity contribution in [1.82, 2.24) is 0 Å². The maximum Gasteiger partial charge on any atom is 0.591 e. The first-order valence-corrected chi connectivity index (χ1v) is 6.82. The quantitative estimate of drug-likeness (QED) is 0.667. The number of benzene rings is 2. The van der Waals surface area contributed by atoms with Crippen LogP contribution in [0.2, 0.25) is 0 Å². The standard InChI is InChI=1S/C15H13BN2O3/c1-10-17-13-8-4-3-7-12(13)16(18-10)20-14-9-5-2-6-11(14)15(19)21-16/h2-9,17-18H,1H3/t16-/m1/s1. The lowest BCUT2D eigenvalue weighted by Gasteiger charge is -2.42. The fraction of sp³-hybridized carbons (Fsp3) is 0.0667. The summed E-state index contributed by atoms with van der Waals surface area (Å²) in [5.74, 6) is 0.931. The zero-order valence-corrected chi connectivity index (χ0v) is 11.4. The van der Waals surface area contributed by atoms with Gasteiger partial charge in [0.05, 0.1) is 11.3 Å². The van der Waals surface area contributed by atoms with Crippen LogP contribution in [0.3, 0.4) is 0 Å². The fourth-order valence-electron chi connectivity index (χ4n) is 2.88. The molecule has 1 atom stereocenters. The van der Waals surface area contributed by atoms with Gasteiger partial charge >= 0.3 is 6.69 Å². The van der Waals surface area contributed by atoms with Crippen molar-refractivity contribution >= 4 is 29.6 Å². The number of carbonyl (C=O) groups excluding carboxylic acids is 1. The van der Waals surface area contributed by atoms with Crippen molar-refractivity contribution in [3.8, 4) is 5.75 Å². The third-order valence-electron chi connectivity index (χ3n) is 3.77. The zero-order valence-electron chi connectivity index (χ0n) is 11.4. The molecular formula is C15H13BN2O3. The molecule has 2 aliphatic rings. The van der Waals surface area contributed by atoms with Gasteiger partial charge in [-0.25, -0.2) is 0 Å². The molecule has 2 heterocycles. The Morgan fingerprint density at radius 2 is 1.81 bits per heavy atom. The maximum absolute atomic E-state index is 12.3. The number of para-hydroxylation sites is 2. The minimum atomic E-state index is -2.11. The van der Waals surface area contributed by atoms with Gasteiger partial charge in [0.1, 0.15) is 5.69 Å². The Kier molecular flexibility index (Phi) is 2.36. The van der Waals surface area contributed by atoms with Crippen molar-refractivity contribution in [2.24, 2.45) is 0 Å². The molecule has 0 radical (unpaired) electrons. The lowest BCUT2D eigenvalue weighted by Crippen LogP contribution is -3.02. The van der Waals surface area contributed by atoms with Gasteiger partial charge in [0.25, 0.3) is 5.97 Å². The van der Waals surface area contributed by atoms with Crippen molar-refractivity contribution < 1.29 is 19.0 Å². The van der Waals surface area contributed by atoms with Gasteiger partial charge in [-0.05, 0) is 23.7 Å². The van der Waals surface area contributed by atoms with Crippen LogP contribution in [-0.2, 0) is 4.65 Å². The first kappa shape index (κ1) is 12.0. The summed E-state index contributed by atoms with van der Waals surface area (Å²) in [4.78, 5) is 15.5. The predicted molar refractivity (Wildman–Crippen MR) is 79.6 cm³/mol. The van der Waals surface area contributed by atoms with Crippen LogP contribution < -0.4 is 20.3 Å². The summed E-state index contributed by atoms with van der Waals surface area (Å²) < 4.78 is 11.7. The average molecular weight is 280 g/mol. The van der Waals surface area contributed by atoms with E-state index in [1.54, 1.807) is 18.2 Å². The van der Waals surface area contributed by atoms with E-state index in [-0.39, 0.29) is 5.97 Å². The van der Waals surface area contributed by atoms with Crippen LogP contribution in [0.25, 0.3) is 0 Å². The van der Waals surface area contributed by atoms with E-state index in [2.05, 4.69) is 10.2 Å². The summed E-state index contributed by atoms with van der Waals surface area (Å²) in [5, 5.41) is 3.22. The lowest BCUT2D eigenvalue weighted by atomic mass is 9.61. The van der Waals surface area contributed by atoms with Crippen LogP contribution in [0.15, 0.2) is 48.5 Å². The summed E-state index contributed by atoms with van der Waals surface area (Å²) in [6, 6.07) is 14.7. The molecule has 0 bridgehead atoms. The molecule has 2 aliphatic heterocycles. The Labute approximate surface area is 121 Å². The van der Waals surface area contributed by atoms with Gasteiger partial charge < -0.3 is 14.2 Å². The molecule has 4 rings (SSSR count). The molecule has 0 amide bonds. The third kappa shape index (κ3) is 1.72. The molecule has 2 aromatic rings. The summed E-state index contributed by atoms with van der Waals surface area (Å²) in [6.45, 7) is -0.235. The van der Waals surface area contributed by atoms with Crippen LogP contribution in [-0.4, -0.2) is 18.5 Å². The molecule has 0 aliphatic carbocycles. The highest BCUT2D eigenvalue weighted by atomic mass is 16.7. The highest BCUT2D eigenvalue weighted by Gasteiger charge is 2.48. The Morgan fingerprint density at radius 3 is 2.71 bits per heavy atom. The van der Waals surface area contributed by atoms with Gasteiger partial charge in [0, 0.05) is 6.92 Å². The Morgan fingerprint density at radius 1 is 1.05 bits per heavy atom. The Bertz CT molecular complexity index is 790. The molecule has 0 unspecified atom stereocenters. The second-order valence-corrected chi connectivity index (χ2v) is 5.21. The topological polar surface area (TPSA) is 61.5 Å². The second-order valence-electron chi connectivity index (χ2n) is 5.21. The number of fused-ring (bicyclic) bond motifs is 3. The molecule has 21 heavy (non-hydrogen) atoms. The molecule has 0 saturated carbocycles. The van der Waals surface area contributed by atoms with Crippen LogP contribution in [0, 0.1) is 0 Å². The normalized spacial score (nSPS) is 22.3. The Hall–Kier alpha value is -2.76. The number of hydrogen-bond donors (Lipinski definition) is 2.